The number of nitrogens with zero attached hydrogens (tertiary/aromatic N) is 1. The van der Waals surface area contributed by atoms with Gasteiger partial charge in [-0.1, -0.05) is 17.9 Å². The lowest BCUT2D eigenvalue weighted by Gasteiger charge is -2.26. The third-order valence-corrected chi connectivity index (χ3v) is 5.36. The van der Waals surface area contributed by atoms with Crippen LogP contribution >= 0.6 is 0 Å². The van der Waals surface area contributed by atoms with Crippen LogP contribution in [0.5, 0.6) is 5.75 Å². The van der Waals surface area contributed by atoms with Gasteiger partial charge in [-0.25, -0.2) is 4.79 Å². The predicted molar refractivity (Wildman–Crippen MR) is 114 cm³/mol. The maximum Gasteiger partial charge on any atom is 0.323 e. The summed E-state index contributed by atoms with van der Waals surface area (Å²) in [4.78, 5) is 50.7. The summed E-state index contributed by atoms with van der Waals surface area (Å²) in [6.45, 7) is 0.162. The largest absolute Gasteiger partial charge is 0.497 e. The standard InChI is InChI=1S/C23H20N4O5/c1-24-19(28)15-5-3-14(4-6-15)9-10-23(21(30)25-22(31)26-23)13-27-12-16-7-8-17(32-2)11-18(16)20(27)29/h3-8,11H,12-13H2,1-2H3,(H,24,28)(H2,25,26,30,31)/t23-/m1/s1. The first-order valence-corrected chi connectivity index (χ1v) is 9.80. The highest BCUT2D eigenvalue weighted by molar-refractivity contribution is 6.10. The summed E-state index contributed by atoms with van der Waals surface area (Å²) in [6.07, 6.45) is 0. The monoisotopic (exact) mass is 432 g/mol. The Bertz CT molecular complexity index is 1200. The zero-order chi connectivity index (χ0) is 22.9. The van der Waals surface area contributed by atoms with Crippen LogP contribution in [0.2, 0.25) is 0 Å². The second kappa shape index (κ2) is 8.07. The highest BCUT2D eigenvalue weighted by atomic mass is 16.5. The minimum absolute atomic E-state index is 0.121. The number of carbonyl (C=O) groups excluding carboxylic acids is 4. The van der Waals surface area contributed by atoms with Crippen LogP contribution in [0.3, 0.4) is 0 Å². The second-order valence-electron chi connectivity index (χ2n) is 7.40. The molecule has 0 bridgehead atoms. The smallest absolute Gasteiger partial charge is 0.323 e. The summed E-state index contributed by atoms with van der Waals surface area (Å²) in [7, 11) is 3.05. The third-order valence-electron chi connectivity index (χ3n) is 5.36. The lowest BCUT2D eigenvalue weighted by atomic mass is 9.99. The molecule has 32 heavy (non-hydrogen) atoms. The molecule has 2 aliphatic heterocycles. The molecule has 1 saturated heterocycles. The number of imide groups is 1. The lowest BCUT2D eigenvalue weighted by molar-refractivity contribution is -0.122. The molecule has 9 nitrogen and oxygen atoms in total. The number of hydrogen-bond donors (Lipinski definition) is 3. The van der Waals surface area contributed by atoms with Crippen LogP contribution in [0.15, 0.2) is 42.5 Å². The van der Waals surface area contributed by atoms with Crippen molar-refractivity contribution in [3.8, 4) is 17.6 Å². The van der Waals surface area contributed by atoms with Gasteiger partial charge in [0, 0.05) is 30.3 Å². The third kappa shape index (κ3) is 3.74. The van der Waals surface area contributed by atoms with Crippen molar-refractivity contribution >= 4 is 23.8 Å². The first-order chi connectivity index (χ1) is 15.3. The van der Waals surface area contributed by atoms with Crippen molar-refractivity contribution in [3.63, 3.8) is 0 Å². The van der Waals surface area contributed by atoms with Gasteiger partial charge in [-0.05, 0) is 42.0 Å². The molecule has 1 fully saturated rings. The van der Waals surface area contributed by atoms with Crippen molar-refractivity contribution in [3.05, 3.63) is 64.7 Å². The number of rotatable bonds is 4. The average Bonchev–Trinajstić information content (AvgIpc) is 3.26. The van der Waals surface area contributed by atoms with Crippen LogP contribution in [0.1, 0.15) is 31.8 Å². The van der Waals surface area contributed by atoms with Crippen LogP contribution < -0.4 is 20.7 Å². The Balaban J connectivity index is 1.61. The van der Waals surface area contributed by atoms with E-state index in [1.54, 1.807) is 42.5 Å². The first-order valence-electron chi connectivity index (χ1n) is 9.80. The fourth-order valence-corrected chi connectivity index (χ4v) is 3.64. The van der Waals surface area contributed by atoms with Crippen LogP contribution in [-0.2, 0) is 11.3 Å². The Labute approximate surface area is 184 Å². The Hall–Kier alpha value is -4.32. The number of urea groups is 1. The molecule has 2 heterocycles. The van der Waals surface area contributed by atoms with Crippen molar-refractivity contribution in [2.45, 2.75) is 12.1 Å². The fraction of sp³-hybridized carbons (Fsp3) is 0.217. The summed E-state index contributed by atoms with van der Waals surface area (Å²) < 4.78 is 5.19. The fourth-order valence-electron chi connectivity index (χ4n) is 3.64. The lowest BCUT2D eigenvalue weighted by Crippen LogP contribution is -2.54. The molecule has 1 atom stereocenters. The molecule has 2 aliphatic rings. The molecular formula is C23H20N4O5. The van der Waals surface area contributed by atoms with Gasteiger partial charge < -0.3 is 20.3 Å². The second-order valence-corrected chi connectivity index (χ2v) is 7.40. The molecule has 162 valence electrons. The van der Waals surface area contributed by atoms with Crippen molar-refractivity contribution < 1.29 is 23.9 Å². The number of benzene rings is 2. The van der Waals surface area contributed by atoms with Crippen LogP contribution in [0.4, 0.5) is 4.79 Å². The van der Waals surface area contributed by atoms with E-state index in [1.807, 2.05) is 0 Å². The van der Waals surface area contributed by atoms with E-state index < -0.39 is 17.5 Å². The van der Waals surface area contributed by atoms with E-state index >= 15 is 0 Å². The minimum Gasteiger partial charge on any atom is -0.497 e. The van der Waals surface area contributed by atoms with Crippen LogP contribution in [0, 0.1) is 11.8 Å². The van der Waals surface area contributed by atoms with Gasteiger partial charge in [0.1, 0.15) is 5.75 Å². The number of hydrogen-bond acceptors (Lipinski definition) is 5. The van der Waals surface area contributed by atoms with Gasteiger partial charge >= 0.3 is 6.03 Å². The molecule has 2 aromatic rings. The first kappa shape index (κ1) is 20.9. The molecule has 0 aromatic heterocycles. The highest BCUT2D eigenvalue weighted by Gasteiger charge is 2.48. The Morgan fingerprint density at radius 2 is 1.94 bits per heavy atom. The van der Waals surface area contributed by atoms with Crippen LogP contribution in [0.25, 0.3) is 0 Å². The number of methoxy groups -OCH3 is 1. The highest BCUT2D eigenvalue weighted by Crippen LogP contribution is 2.28. The number of nitrogens with one attached hydrogen (secondary N) is 3. The van der Waals surface area contributed by atoms with E-state index in [9.17, 15) is 19.2 Å². The summed E-state index contributed by atoms with van der Waals surface area (Å²) in [5.74, 6) is 5.14. The summed E-state index contributed by atoms with van der Waals surface area (Å²) in [5.41, 5.74) is 0.705. The van der Waals surface area contributed by atoms with Crippen molar-refractivity contribution in [1.29, 1.82) is 0 Å². The SMILES string of the molecule is CNC(=O)c1ccc(C#C[C@]2(CN3Cc4ccc(OC)cc4C3=O)NC(=O)NC2=O)cc1. The number of carbonyl (C=O) groups is 4. The molecule has 4 rings (SSSR count). The number of fused-ring (bicyclic) bond motifs is 1. The normalized spacial score (nSPS) is 18.9. The van der Waals surface area contributed by atoms with E-state index in [0.29, 0.717) is 22.4 Å². The predicted octanol–water partition coefficient (Wildman–Crippen LogP) is 0.641. The van der Waals surface area contributed by atoms with E-state index in [1.165, 1.54) is 19.1 Å². The van der Waals surface area contributed by atoms with Crippen LogP contribution in [-0.4, -0.2) is 54.9 Å². The number of amides is 5. The van der Waals surface area contributed by atoms with E-state index in [4.69, 9.17) is 4.74 Å². The quantitative estimate of drug-likeness (QED) is 0.484. The molecule has 0 aliphatic carbocycles. The van der Waals surface area contributed by atoms with Crippen molar-refractivity contribution in [2.24, 2.45) is 0 Å². The maximum absolute atomic E-state index is 12.9. The maximum atomic E-state index is 12.9. The van der Waals surface area contributed by atoms with Gasteiger partial charge in [-0.15, -0.1) is 0 Å². The zero-order valence-electron chi connectivity index (χ0n) is 17.4. The molecule has 3 N–H and O–H groups in total. The molecule has 0 spiro atoms. The van der Waals surface area contributed by atoms with Gasteiger partial charge in [0.05, 0.1) is 13.7 Å². The molecule has 9 heteroatoms. The zero-order valence-corrected chi connectivity index (χ0v) is 17.4. The molecule has 0 radical (unpaired) electrons. The van der Waals surface area contributed by atoms with Gasteiger partial charge in [0.2, 0.25) is 5.54 Å². The van der Waals surface area contributed by atoms with Gasteiger partial charge in [-0.2, -0.15) is 0 Å². The van der Waals surface area contributed by atoms with Gasteiger partial charge in [-0.3, -0.25) is 19.7 Å². The molecular weight excluding hydrogens is 412 g/mol. The summed E-state index contributed by atoms with van der Waals surface area (Å²) >= 11 is 0. The number of ether oxygens (including phenoxy) is 1. The van der Waals surface area contributed by atoms with Crippen molar-refractivity contribution in [2.75, 3.05) is 20.7 Å². The van der Waals surface area contributed by atoms with Gasteiger partial charge in [0.15, 0.2) is 0 Å². The Morgan fingerprint density at radius 3 is 2.56 bits per heavy atom. The van der Waals surface area contributed by atoms with Crippen molar-refractivity contribution in [1.82, 2.24) is 20.9 Å². The van der Waals surface area contributed by atoms with E-state index in [2.05, 4.69) is 27.8 Å². The van der Waals surface area contributed by atoms with Gasteiger partial charge in [0.25, 0.3) is 17.7 Å². The summed E-state index contributed by atoms with van der Waals surface area (Å²) in [5, 5.41) is 7.30. The van der Waals surface area contributed by atoms with E-state index in [-0.39, 0.29) is 24.9 Å². The minimum atomic E-state index is -1.60. The summed E-state index contributed by atoms with van der Waals surface area (Å²) in [6, 6.07) is 11.0. The average molecular weight is 432 g/mol. The Kier molecular flexibility index (Phi) is 5.28. The van der Waals surface area contributed by atoms with E-state index in [0.717, 1.165) is 5.56 Å². The molecule has 5 amide bonds. The molecule has 2 aromatic carbocycles. The molecule has 0 saturated carbocycles. The molecule has 0 unspecified atom stereocenters. The Morgan fingerprint density at radius 1 is 1.19 bits per heavy atom. The topological polar surface area (TPSA) is 117 Å².